The second kappa shape index (κ2) is 3.17. The zero-order valence-corrected chi connectivity index (χ0v) is 8.49. The molecule has 0 saturated carbocycles. The maximum atomic E-state index is 9.36. The van der Waals surface area contributed by atoms with Gasteiger partial charge in [0, 0.05) is 12.6 Å². The molecule has 1 heterocycles. The van der Waals surface area contributed by atoms with Crippen molar-refractivity contribution in [1.82, 2.24) is 4.90 Å². The summed E-state index contributed by atoms with van der Waals surface area (Å²) in [6.07, 6.45) is 0.930. The lowest BCUT2D eigenvalue weighted by atomic mass is 9.95. The largest absolute Gasteiger partial charge is 0.504 e. The van der Waals surface area contributed by atoms with Crippen LogP contribution in [0.25, 0.3) is 0 Å². The Bertz CT molecular complexity index is 328. The monoisotopic (exact) mass is 193 g/mol. The average molecular weight is 193 g/mol. The molecule has 0 radical (unpaired) electrons. The van der Waals surface area contributed by atoms with Crippen LogP contribution in [0.15, 0.2) is 12.1 Å². The maximum absolute atomic E-state index is 9.36. The molecule has 2 rings (SSSR count). The minimum Gasteiger partial charge on any atom is -0.504 e. The van der Waals surface area contributed by atoms with Crippen LogP contribution in [-0.4, -0.2) is 28.2 Å². The zero-order chi connectivity index (χ0) is 10.3. The van der Waals surface area contributed by atoms with Gasteiger partial charge in [0.15, 0.2) is 11.5 Å². The van der Waals surface area contributed by atoms with Crippen molar-refractivity contribution < 1.29 is 10.2 Å². The second-order valence-electron chi connectivity index (χ2n) is 4.08. The van der Waals surface area contributed by atoms with Crippen LogP contribution >= 0.6 is 0 Å². The number of likely N-dealkylation sites (N-methyl/N-ethyl adjacent to an activating group) is 1. The highest BCUT2D eigenvalue weighted by atomic mass is 16.3. The van der Waals surface area contributed by atoms with Crippen molar-refractivity contribution in [2.75, 3.05) is 7.05 Å². The number of fused-ring (bicyclic) bond motifs is 1. The minimum atomic E-state index is -0.0216. The zero-order valence-electron chi connectivity index (χ0n) is 8.49. The third-order valence-corrected chi connectivity index (χ3v) is 2.98. The Hall–Kier alpha value is -1.22. The van der Waals surface area contributed by atoms with Crippen LogP contribution in [0.3, 0.4) is 0 Å². The van der Waals surface area contributed by atoms with Gasteiger partial charge in [0.2, 0.25) is 0 Å². The maximum Gasteiger partial charge on any atom is 0.157 e. The molecule has 3 heteroatoms. The Labute approximate surface area is 83.6 Å². The molecule has 14 heavy (non-hydrogen) atoms. The van der Waals surface area contributed by atoms with Crippen LogP contribution in [0.5, 0.6) is 11.5 Å². The van der Waals surface area contributed by atoms with Gasteiger partial charge < -0.3 is 10.2 Å². The van der Waals surface area contributed by atoms with E-state index in [2.05, 4.69) is 18.9 Å². The number of benzene rings is 1. The van der Waals surface area contributed by atoms with Gasteiger partial charge in [-0.2, -0.15) is 0 Å². The molecule has 0 bridgehead atoms. The SMILES string of the molecule is C[C@@H]1Cc2cc(O)c(O)cc2CN1C. The second-order valence-corrected chi connectivity index (χ2v) is 4.08. The van der Waals surface area contributed by atoms with E-state index in [0.717, 1.165) is 24.1 Å². The number of hydrogen-bond donors (Lipinski definition) is 2. The van der Waals surface area contributed by atoms with Gasteiger partial charge in [-0.25, -0.2) is 0 Å². The third-order valence-electron chi connectivity index (χ3n) is 2.98. The Morgan fingerprint density at radius 3 is 2.43 bits per heavy atom. The van der Waals surface area contributed by atoms with E-state index in [0.29, 0.717) is 6.04 Å². The molecule has 1 aromatic rings. The topological polar surface area (TPSA) is 43.7 Å². The first-order valence-electron chi connectivity index (χ1n) is 4.82. The molecule has 76 valence electrons. The Balaban J connectivity index is 2.42. The average Bonchev–Trinajstić information content (AvgIpc) is 2.11. The van der Waals surface area contributed by atoms with Crippen LogP contribution < -0.4 is 0 Å². The van der Waals surface area contributed by atoms with Crippen molar-refractivity contribution in [2.45, 2.75) is 25.9 Å². The predicted octanol–water partition coefficient (Wildman–Crippen LogP) is 1.47. The highest BCUT2D eigenvalue weighted by Gasteiger charge is 2.20. The molecular weight excluding hydrogens is 178 g/mol. The molecule has 0 saturated heterocycles. The standard InChI is InChI=1S/C11H15NO2/c1-7-3-8-4-10(13)11(14)5-9(8)6-12(7)2/h4-5,7,13-14H,3,6H2,1-2H3/t7-/m1/s1. The van der Waals surface area contributed by atoms with E-state index in [-0.39, 0.29) is 11.5 Å². The van der Waals surface area contributed by atoms with E-state index >= 15 is 0 Å². The molecule has 0 amide bonds. The van der Waals surface area contributed by atoms with E-state index < -0.39 is 0 Å². The van der Waals surface area contributed by atoms with Gasteiger partial charge in [-0.1, -0.05) is 0 Å². The summed E-state index contributed by atoms with van der Waals surface area (Å²) < 4.78 is 0. The molecule has 0 spiro atoms. The van der Waals surface area contributed by atoms with E-state index in [9.17, 15) is 10.2 Å². The molecule has 1 aromatic carbocycles. The summed E-state index contributed by atoms with van der Waals surface area (Å²) in [7, 11) is 2.07. The van der Waals surface area contributed by atoms with Crippen LogP contribution in [0.2, 0.25) is 0 Å². The number of aromatic hydroxyl groups is 2. The fourth-order valence-corrected chi connectivity index (χ4v) is 1.90. The molecule has 0 unspecified atom stereocenters. The number of nitrogens with zero attached hydrogens (tertiary/aromatic N) is 1. The number of phenols is 2. The summed E-state index contributed by atoms with van der Waals surface area (Å²) in [5.74, 6) is -0.0350. The van der Waals surface area contributed by atoms with Crippen molar-refractivity contribution in [1.29, 1.82) is 0 Å². The highest BCUT2D eigenvalue weighted by molar-refractivity contribution is 5.46. The van der Waals surface area contributed by atoms with Gasteiger partial charge in [0.1, 0.15) is 0 Å². The van der Waals surface area contributed by atoms with E-state index in [1.54, 1.807) is 12.1 Å². The summed E-state index contributed by atoms with van der Waals surface area (Å²) in [6, 6.07) is 3.83. The highest BCUT2D eigenvalue weighted by Crippen LogP contribution is 2.32. The van der Waals surface area contributed by atoms with E-state index in [4.69, 9.17) is 0 Å². The first-order chi connectivity index (χ1) is 6.58. The van der Waals surface area contributed by atoms with Gasteiger partial charge in [0.05, 0.1) is 0 Å². The normalized spacial score (nSPS) is 22.0. The summed E-state index contributed by atoms with van der Waals surface area (Å²) in [5, 5.41) is 18.7. The predicted molar refractivity (Wildman–Crippen MR) is 54.4 cm³/mol. The van der Waals surface area contributed by atoms with Gasteiger partial charge in [-0.3, -0.25) is 4.90 Å². The van der Waals surface area contributed by atoms with Crippen molar-refractivity contribution >= 4 is 0 Å². The summed E-state index contributed by atoms with van der Waals surface area (Å²) in [4.78, 5) is 2.23. The quantitative estimate of drug-likeness (QED) is 0.613. The van der Waals surface area contributed by atoms with Crippen molar-refractivity contribution in [3.8, 4) is 11.5 Å². The Morgan fingerprint density at radius 2 is 1.79 bits per heavy atom. The van der Waals surface area contributed by atoms with Gasteiger partial charge in [-0.05, 0) is 43.7 Å². The van der Waals surface area contributed by atoms with Crippen molar-refractivity contribution in [3.63, 3.8) is 0 Å². The lowest BCUT2D eigenvalue weighted by Crippen LogP contribution is -2.34. The van der Waals surface area contributed by atoms with E-state index in [1.807, 2.05) is 0 Å². The van der Waals surface area contributed by atoms with Crippen molar-refractivity contribution in [3.05, 3.63) is 23.3 Å². The molecule has 0 aliphatic carbocycles. The number of hydrogen-bond acceptors (Lipinski definition) is 3. The smallest absolute Gasteiger partial charge is 0.157 e. The van der Waals surface area contributed by atoms with Crippen molar-refractivity contribution in [2.24, 2.45) is 0 Å². The van der Waals surface area contributed by atoms with Crippen LogP contribution in [-0.2, 0) is 13.0 Å². The summed E-state index contributed by atoms with van der Waals surface area (Å²) >= 11 is 0. The fourth-order valence-electron chi connectivity index (χ4n) is 1.90. The Kier molecular flexibility index (Phi) is 2.11. The molecule has 2 N–H and O–H groups in total. The molecule has 0 aromatic heterocycles. The summed E-state index contributed by atoms with van der Waals surface area (Å²) in [5.41, 5.74) is 2.26. The first kappa shape index (κ1) is 9.34. The van der Waals surface area contributed by atoms with Gasteiger partial charge in [-0.15, -0.1) is 0 Å². The molecular formula is C11H15NO2. The molecule has 3 nitrogen and oxygen atoms in total. The molecule has 1 aliphatic rings. The fraction of sp³-hybridized carbons (Fsp3) is 0.455. The third kappa shape index (κ3) is 1.44. The van der Waals surface area contributed by atoms with Crippen LogP contribution in [0, 0.1) is 0 Å². The number of rotatable bonds is 0. The number of phenolic OH excluding ortho intramolecular Hbond substituents is 2. The van der Waals surface area contributed by atoms with Crippen LogP contribution in [0.4, 0.5) is 0 Å². The summed E-state index contributed by atoms with van der Waals surface area (Å²) in [6.45, 7) is 3.00. The molecule has 1 atom stereocenters. The van der Waals surface area contributed by atoms with Gasteiger partial charge >= 0.3 is 0 Å². The first-order valence-corrected chi connectivity index (χ1v) is 4.82. The Morgan fingerprint density at radius 1 is 1.21 bits per heavy atom. The minimum absolute atomic E-state index is 0.0134. The molecule has 0 fully saturated rings. The molecule has 1 aliphatic heterocycles. The lowest BCUT2D eigenvalue weighted by molar-refractivity contribution is 0.230. The van der Waals surface area contributed by atoms with Gasteiger partial charge in [0.25, 0.3) is 0 Å². The lowest BCUT2D eigenvalue weighted by Gasteiger charge is -2.31. The van der Waals surface area contributed by atoms with E-state index in [1.165, 1.54) is 0 Å². The van der Waals surface area contributed by atoms with Crippen LogP contribution in [0.1, 0.15) is 18.1 Å².